The molecule has 4 heteroatoms. The molecule has 98 valence electrons. The van der Waals surface area contributed by atoms with Crippen LogP contribution in [0.4, 0.5) is 0 Å². The fourth-order valence-electron chi connectivity index (χ4n) is 2.13. The first-order chi connectivity index (χ1) is 9.84. The van der Waals surface area contributed by atoms with Crippen LogP contribution in [0, 0.1) is 0 Å². The quantitative estimate of drug-likeness (QED) is 0.790. The molecule has 3 rings (SSSR count). The van der Waals surface area contributed by atoms with Crippen molar-refractivity contribution in [2.24, 2.45) is 0 Å². The third-order valence-corrected chi connectivity index (χ3v) is 3.12. The lowest BCUT2D eigenvalue weighted by molar-refractivity contribution is 0.0945. The molecule has 1 aromatic heterocycles. The molecule has 0 unspecified atom stereocenters. The van der Waals surface area contributed by atoms with Crippen LogP contribution in [0.25, 0.3) is 10.8 Å². The average Bonchev–Trinajstić information content (AvgIpc) is 2.53. The summed E-state index contributed by atoms with van der Waals surface area (Å²) in [5.74, 6) is -0.217. The number of rotatable bonds is 3. The number of hydrogen-bond donors (Lipinski definition) is 1. The number of aromatic nitrogens is 2. The van der Waals surface area contributed by atoms with Gasteiger partial charge in [-0.25, -0.2) is 4.98 Å². The second kappa shape index (κ2) is 5.48. The van der Waals surface area contributed by atoms with Crippen molar-refractivity contribution in [1.29, 1.82) is 0 Å². The summed E-state index contributed by atoms with van der Waals surface area (Å²) in [5, 5.41) is 5.18. The fourth-order valence-corrected chi connectivity index (χ4v) is 2.13. The van der Waals surface area contributed by atoms with E-state index in [2.05, 4.69) is 33.5 Å². The minimum atomic E-state index is -0.217. The zero-order valence-electron chi connectivity index (χ0n) is 10.8. The summed E-state index contributed by atoms with van der Waals surface area (Å²) in [6.45, 7) is 0.469. The smallest absolute Gasteiger partial charge is 0.271 e. The molecule has 0 radical (unpaired) electrons. The highest BCUT2D eigenvalue weighted by atomic mass is 16.1. The number of nitrogens with zero attached hydrogens (tertiary/aromatic N) is 2. The van der Waals surface area contributed by atoms with E-state index in [1.165, 1.54) is 17.8 Å². The van der Waals surface area contributed by atoms with Crippen molar-refractivity contribution in [3.8, 4) is 0 Å². The van der Waals surface area contributed by atoms with Crippen LogP contribution in [-0.2, 0) is 6.54 Å². The predicted molar refractivity (Wildman–Crippen MR) is 77.2 cm³/mol. The molecule has 0 aliphatic carbocycles. The summed E-state index contributed by atoms with van der Waals surface area (Å²) in [4.78, 5) is 19.8. The van der Waals surface area contributed by atoms with E-state index < -0.39 is 0 Å². The van der Waals surface area contributed by atoms with E-state index >= 15 is 0 Å². The van der Waals surface area contributed by atoms with E-state index in [1.807, 2.05) is 24.3 Å². The number of carbonyl (C=O) groups excluding carboxylic acids is 1. The van der Waals surface area contributed by atoms with Gasteiger partial charge in [-0.3, -0.25) is 9.78 Å². The Hall–Kier alpha value is -2.75. The second-order valence-corrected chi connectivity index (χ2v) is 4.41. The Morgan fingerprint density at radius 2 is 1.90 bits per heavy atom. The van der Waals surface area contributed by atoms with Gasteiger partial charge in [-0.05, 0) is 16.3 Å². The Bertz CT molecular complexity index is 736. The SMILES string of the molecule is O=C(NCc1cccc2ccccc12)c1cnccn1. The fraction of sp³-hybridized carbons (Fsp3) is 0.0625. The highest BCUT2D eigenvalue weighted by Crippen LogP contribution is 2.18. The Kier molecular flexibility index (Phi) is 3.37. The molecule has 0 aliphatic rings. The first-order valence-electron chi connectivity index (χ1n) is 6.35. The van der Waals surface area contributed by atoms with Crippen molar-refractivity contribution in [3.05, 3.63) is 72.3 Å². The number of carbonyl (C=O) groups is 1. The van der Waals surface area contributed by atoms with Crippen molar-refractivity contribution in [3.63, 3.8) is 0 Å². The van der Waals surface area contributed by atoms with Crippen molar-refractivity contribution < 1.29 is 4.79 Å². The first-order valence-corrected chi connectivity index (χ1v) is 6.35. The van der Waals surface area contributed by atoms with Crippen LogP contribution in [0.5, 0.6) is 0 Å². The van der Waals surface area contributed by atoms with Gasteiger partial charge in [0.25, 0.3) is 5.91 Å². The van der Waals surface area contributed by atoms with Crippen molar-refractivity contribution in [2.45, 2.75) is 6.54 Å². The zero-order chi connectivity index (χ0) is 13.8. The van der Waals surface area contributed by atoms with Crippen LogP contribution in [0.3, 0.4) is 0 Å². The number of amides is 1. The second-order valence-electron chi connectivity index (χ2n) is 4.41. The Balaban J connectivity index is 1.79. The summed E-state index contributed by atoms with van der Waals surface area (Å²) in [6.07, 6.45) is 4.51. The molecular weight excluding hydrogens is 250 g/mol. The van der Waals surface area contributed by atoms with Gasteiger partial charge in [0.15, 0.2) is 0 Å². The molecule has 3 aromatic rings. The highest BCUT2D eigenvalue weighted by molar-refractivity contribution is 5.92. The lowest BCUT2D eigenvalue weighted by atomic mass is 10.0. The monoisotopic (exact) mass is 263 g/mol. The van der Waals surface area contributed by atoms with Gasteiger partial charge in [-0.1, -0.05) is 42.5 Å². The summed E-state index contributed by atoms with van der Waals surface area (Å²) < 4.78 is 0. The number of fused-ring (bicyclic) bond motifs is 1. The standard InChI is InChI=1S/C16H13N3O/c20-16(15-11-17-8-9-18-15)19-10-13-6-3-5-12-4-1-2-7-14(12)13/h1-9,11H,10H2,(H,19,20). The van der Waals surface area contributed by atoms with Gasteiger partial charge >= 0.3 is 0 Å². The maximum Gasteiger partial charge on any atom is 0.271 e. The van der Waals surface area contributed by atoms with Crippen molar-refractivity contribution in [1.82, 2.24) is 15.3 Å². The number of benzene rings is 2. The van der Waals surface area contributed by atoms with Gasteiger partial charge in [-0.2, -0.15) is 0 Å². The highest BCUT2D eigenvalue weighted by Gasteiger charge is 2.07. The van der Waals surface area contributed by atoms with Gasteiger partial charge < -0.3 is 5.32 Å². The Morgan fingerprint density at radius 1 is 1.05 bits per heavy atom. The van der Waals surface area contributed by atoms with Crippen molar-refractivity contribution >= 4 is 16.7 Å². The minimum Gasteiger partial charge on any atom is -0.347 e. The molecule has 0 atom stereocenters. The zero-order valence-corrected chi connectivity index (χ0v) is 10.8. The van der Waals surface area contributed by atoms with E-state index in [9.17, 15) is 4.79 Å². The molecule has 0 bridgehead atoms. The van der Waals surface area contributed by atoms with E-state index in [0.717, 1.165) is 10.9 Å². The molecule has 2 aromatic carbocycles. The molecule has 0 fully saturated rings. The van der Waals surface area contributed by atoms with Crippen LogP contribution in [0.1, 0.15) is 16.1 Å². The molecule has 0 spiro atoms. The van der Waals surface area contributed by atoms with Crippen LogP contribution >= 0.6 is 0 Å². The Morgan fingerprint density at radius 3 is 2.75 bits per heavy atom. The lowest BCUT2D eigenvalue weighted by Gasteiger charge is -2.08. The number of nitrogens with one attached hydrogen (secondary N) is 1. The molecule has 0 saturated heterocycles. The van der Waals surface area contributed by atoms with Crippen molar-refractivity contribution in [2.75, 3.05) is 0 Å². The molecule has 1 heterocycles. The topological polar surface area (TPSA) is 54.9 Å². The summed E-state index contributed by atoms with van der Waals surface area (Å²) in [7, 11) is 0. The molecular formula is C16H13N3O. The molecule has 1 N–H and O–H groups in total. The molecule has 20 heavy (non-hydrogen) atoms. The summed E-state index contributed by atoms with van der Waals surface area (Å²) in [6, 6.07) is 14.2. The lowest BCUT2D eigenvalue weighted by Crippen LogP contribution is -2.23. The van der Waals surface area contributed by atoms with E-state index in [-0.39, 0.29) is 5.91 Å². The number of hydrogen-bond acceptors (Lipinski definition) is 3. The third kappa shape index (κ3) is 2.49. The van der Waals surface area contributed by atoms with E-state index in [0.29, 0.717) is 12.2 Å². The van der Waals surface area contributed by atoms with Crippen LogP contribution in [-0.4, -0.2) is 15.9 Å². The Labute approximate surface area is 116 Å². The van der Waals surface area contributed by atoms with Gasteiger partial charge in [0, 0.05) is 18.9 Å². The molecule has 0 aliphatic heterocycles. The van der Waals surface area contributed by atoms with E-state index in [1.54, 1.807) is 6.20 Å². The van der Waals surface area contributed by atoms with Crippen LogP contribution in [0.15, 0.2) is 61.1 Å². The molecule has 4 nitrogen and oxygen atoms in total. The predicted octanol–water partition coefficient (Wildman–Crippen LogP) is 2.56. The largest absolute Gasteiger partial charge is 0.347 e. The molecule has 0 saturated carbocycles. The minimum absolute atomic E-state index is 0.217. The average molecular weight is 263 g/mol. The van der Waals surface area contributed by atoms with Gasteiger partial charge in [-0.15, -0.1) is 0 Å². The molecule has 1 amide bonds. The normalized spacial score (nSPS) is 10.4. The first kappa shape index (κ1) is 12.3. The van der Waals surface area contributed by atoms with Gasteiger partial charge in [0.1, 0.15) is 5.69 Å². The van der Waals surface area contributed by atoms with Gasteiger partial charge in [0.05, 0.1) is 6.20 Å². The van der Waals surface area contributed by atoms with Crippen LogP contribution < -0.4 is 5.32 Å². The summed E-state index contributed by atoms with van der Waals surface area (Å²) >= 11 is 0. The maximum atomic E-state index is 11.9. The van der Waals surface area contributed by atoms with Crippen LogP contribution in [0.2, 0.25) is 0 Å². The van der Waals surface area contributed by atoms with E-state index in [4.69, 9.17) is 0 Å². The summed E-state index contributed by atoms with van der Waals surface area (Å²) in [5.41, 5.74) is 1.41. The van der Waals surface area contributed by atoms with Gasteiger partial charge in [0.2, 0.25) is 0 Å². The third-order valence-electron chi connectivity index (χ3n) is 3.12. The maximum absolute atomic E-state index is 11.9.